The van der Waals surface area contributed by atoms with Crippen LogP contribution in [0.4, 0.5) is 34.5 Å². The first kappa shape index (κ1) is 29.7. The van der Waals surface area contributed by atoms with Crippen LogP contribution in [-0.4, -0.2) is 90.6 Å². The van der Waals surface area contributed by atoms with E-state index >= 15 is 0 Å². The van der Waals surface area contributed by atoms with Gasteiger partial charge in [0.15, 0.2) is 0 Å². The quantitative estimate of drug-likeness (QED) is 0.198. The Morgan fingerprint density at radius 2 is 1.86 bits per heavy atom. The van der Waals surface area contributed by atoms with Gasteiger partial charge in [0.1, 0.15) is 17.1 Å². The van der Waals surface area contributed by atoms with E-state index in [9.17, 15) is 0 Å². The first-order chi connectivity index (χ1) is 21.0. The maximum absolute atomic E-state index is 5.87. The summed E-state index contributed by atoms with van der Waals surface area (Å²) in [6.45, 7) is 8.60. The third-order valence-electron chi connectivity index (χ3n) is 8.16. The van der Waals surface area contributed by atoms with Gasteiger partial charge in [0.05, 0.1) is 34.2 Å². The molecule has 2 aliphatic rings. The van der Waals surface area contributed by atoms with Crippen LogP contribution in [-0.2, 0) is 6.42 Å². The highest BCUT2D eigenvalue weighted by molar-refractivity contribution is 9.10. The van der Waals surface area contributed by atoms with Crippen molar-refractivity contribution in [3.8, 4) is 5.75 Å². The number of hydrogen-bond acceptors (Lipinski definition) is 12. The largest absolute Gasteiger partial charge is 0.494 e. The van der Waals surface area contributed by atoms with Gasteiger partial charge in [0.2, 0.25) is 5.95 Å². The fourth-order valence-electron chi connectivity index (χ4n) is 5.61. The molecule has 0 saturated carbocycles. The van der Waals surface area contributed by atoms with Crippen molar-refractivity contribution in [2.75, 3.05) is 79.5 Å². The Morgan fingerprint density at radius 1 is 1.07 bits per heavy atom. The van der Waals surface area contributed by atoms with E-state index in [1.807, 2.05) is 25.4 Å². The van der Waals surface area contributed by atoms with E-state index in [1.165, 1.54) is 11.3 Å². The van der Waals surface area contributed by atoms with Crippen molar-refractivity contribution in [3.63, 3.8) is 0 Å². The van der Waals surface area contributed by atoms with E-state index in [-0.39, 0.29) is 0 Å². The Balaban J connectivity index is 1.25. The summed E-state index contributed by atoms with van der Waals surface area (Å²) < 4.78 is 8.68. The lowest BCUT2D eigenvalue weighted by molar-refractivity contribution is 0.138. The number of halogens is 1. The molecule has 2 aliphatic heterocycles. The van der Waals surface area contributed by atoms with E-state index in [0.29, 0.717) is 17.8 Å². The zero-order chi connectivity index (χ0) is 29.9. The molecule has 4 aromatic rings. The molecule has 0 bridgehead atoms. The van der Waals surface area contributed by atoms with E-state index in [4.69, 9.17) is 9.72 Å². The molecule has 0 spiro atoms. The molecule has 2 fully saturated rings. The molecule has 0 amide bonds. The maximum Gasteiger partial charge on any atom is 0.229 e. The summed E-state index contributed by atoms with van der Waals surface area (Å²) in [6.07, 6.45) is 8.09. The third kappa shape index (κ3) is 6.17. The van der Waals surface area contributed by atoms with Crippen LogP contribution in [0.15, 0.2) is 47.3 Å². The number of nitrogens with zero attached hydrogens (tertiary/aromatic N) is 7. The van der Waals surface area contributed by atoms with Gasteiger partial charge in [-0.05, 0) is 46.1 Å². The molecule has 11 nitrogen and oxygen atoms in total. The molecular formula is C30H37BrN10OS. The summed E-state index contributed by atoms with van der Waals surface area (Å²) in [6, 6.07) is 8.97. The molecule has 6 rings (SSSR count). The summed E-state index contributed by atoms with van der Waals surface area (Å²) >= 11 is 5.23. The van der Waals surface area contributed by atoms with Crippen molar-refractivity contribution in [2.24, 2.45) is 0 Å². The van der Waals surface area contributed by atoms with Gasteiger partial charge in [-0.2, -0.15) is 4.98 Å². The van der Waals surface area contributed by atoms with Gasteiger partial charge < -0.3 is 29.9 Å². The first-order valence-electron chi connectivity index (χ1n) is 14.5. The number of fused-ring (bicyclic) bond motifs is 1. The molecule has 0 radical (unpaired) electrons. The number of aromatic nitrogens is 4. The highest BCUT2D eigenvalue weighted by Gasteiger charge is 2.28. The summed E-state index contributed by atoms with van der Waals surface area (Å²) in [5.74, 6) is 1.85. The summed E-state index contributed by atoms with van der Waals surface area (Å²) in [4.78, 5) is 23.6. The Bertz CT molecular complexity index is 1600. The number of piperazine rings is 1. The molecule has 0 aliphatic carbocycles. The lowest BCUT2D eigenvalue weighted by Gasteiger charge is -2.44. The van der Waals surface area contributed by atoms with Gasteiger partial charge >= 0.3 is 0 Å². The second-order valence-corrected chi connectivity index (χ2v) is 12.3. The predicted molar refractivity (Wildman–Crippen MR) is 181 cm³/mol. The maximum atomic E-state index is 5.87. The number of rotatable bonds is 10. The van der Waals surface area contributed by atoms with Crippen molar-refractivity contribution in [1.82, 2.24) is 30.2 Å². The highest BCUT2D eigenvalue weighted by atomic mass is 79.9. The lowest BCUT2D eigenvalue weighted by Crippen LogP contribution is -2.61. The second kappa shape index (κ2) is 13.1. The molecule has 2 aromatic carbocycles. The number of methoxy groups -OCH3 is 1. The second-order valence-electron chi connectivity index (χ2n) is 10.6. The normalized spacial score (nSPS) is 15.8. The van der Waals surface area contributed by atoms with E-state index < -0.39 is 0 Å². The molecule has 13 heteroatoms. The Labute approximate surface area is 265 Å². The van der Waals surface area contributed by atoms with Crippen LogP contribution in [0.5, 0.6) is 5.75 Å². The van der Waals surface area contributed by atoms with Crippen LogP contribution in [0.2, 0.25) is 0 Å². The van der Waals surface area contributed by atoms with Gasteiger partial charge in [-0.15, -0.1) is 0 Å². The molecule has 0 unspecified atom stereocenters. The zero-order valence-electron chi connectivity index (χ0n) is 24.9. The van der Waals surface area contributed by atoms with Crippen LogP contribution >= 0.6 is 27.9 Å². The highest BCUT2D eigenvalue weighted by Crippen LogP contribution is 2.39. The minimum absolute atomic E-state index is 0.460. The summed E-state index contributed by atoms with van der Waals surface area (Å²) in [7, 11) is 3.72. The number of aryl methyl sites for hydroxylation is 1. The number of benzene rings is 2. The monoisotopic (exact) mass is 664 g/mol. The fraction of sp³-hybridized carbons (Fsp3) is 0.400. The Kier molecular flexibility index (Phi) is 9.03. The van der Waals surface area contributed by atoms with E-state index in [2.05, 4.69) is 80.0 Å². The minimum Gasteiger partial charge on any atom is -0.494 e. The van der Waals surface area contributed by atoms with Gasteiger partial charge in [0.25, 0.3) is 0 Å². The topological polar surface area (TPSA) is 107 Å². The van der Waals surface area contributed by atoms with Crippen molar-refractivity contribution in [3.05, 3.63) is 52.9 Å². The lowest BCUT2D eigenvalue weighted by atomic mass is 10.1. The smallest absolute Gasteiger partial charge is 0.229 e. The van der Waals surface area contributed by atoms with E-state index in [0.717, 1.165) is 84.0 Å². The van der Waals surface area contributed by atoms with Crippen LogP contribution < -0.4 is 29.9 Å². The molecule has 43 heavy (non-hydrogen) atoms. The van der Waals surface area contributed by atoms with Crippen LogP contribution in [0, 0.1) is 0 Å². The van der Waals surface area contributed by atoms with Gasteiger partial charge in [-0.25, -0.2) is 4.98 Å². The Hall–Kier alpha value is -3.39. The van der Waals surface area contributed by atoms with Gasteiger partial charge in [-0.1, -0.05) is 18.9 Å². The van der Waals surface area contributed by atoms with Crippen molar-refractivity contribution in [1.29, 1.82) is 0 Å². The van der Waals surface area contributed by atoms with Gasteiger partial charge in [0, 0.05) is 89.0 Å². The third-order valence-corrected chi connectivity index (χ3v) is 9.47. The van der Waals surface area contributed by atoms with Crippen molar-refractivity contribution in [2.45, 2.75) is 19.4 Å². The Morgan fingerprint density at radius 3 is 2.56 bits per heavy atom. The average Bonchev–Trinajstić information content (AvgIpc) is 3.01. The van der Waals surface area contributed by atoms with Crippen LogP contribution in [0.3, 0.4) is 0 Å². The molecule has 226 valence electrons. The van der Waals surface area contributed by atoms with Crippen LogP contribution in [0.1, 0.15) is 12.5 Å². The standard InChI is InChI=1S/C30H37BrN10OS/c1-5-19-14-24(26(42-3)15-25(19)41-12-10-40(11-13-41)20-16-32-17-20)37-30-35-18-21(31)29(38-30)36-23-7-6-22-27(34-9-8-33-22)28(23)39(2)43-4/h6-9,14-15,18,20,32H,5,10-13,16-17H2,1-4H3,(H2,35,36,37,38). The number of ether oxygens (including phenoxy) is 1. The molecule has 0 atom stereocenters. The fourth-order valence-corrected chi connectivity index (χ4v) is 6.27. The van der Waals surface area contributed by atoms with Crippen molar-refractivity contribution < 1.29 is 4.74 Å². The predicted octanol–water partition coefficient (Wildman–Crippen LogP) is 5.05. The molecular weight excluding hydrogens is 628 g/mol. The zero-order valence-corrected chi connectivity index (χ0v) is 27.3. The number of hydrogen-bond donors (Lipinski definition) is 3. The van der Waals surface area contributed by atoms with Crippen molar-refractivity contribution >= 4 is 73.4 Å². The number of anilines is 6. The number of nitrogens with one attached hydrogen (secondary N) is 3. The summed E-state index contributed by atoms with van der Waals surface area (Å²) in [5, 5.41) is 10.3. The van der Waals surface area contributed by atoms with Crippen LogP contribution in [0.25, 0.3) is 11.0 Å². The minimum atomic E-state index is 0.460. The SMILES string of the molecule is CCc1cc(Nc2ncc(Br)c(Nc3ccc4nccnc4c3N(C)SC)n2)c(OC)cc1N1CCN(C2CNC2)CC1. The summed E-state index contributed by atoms with van der Waals surface area (Å²) in [5.41, 5.74) is 6.76. The molecule has 2 aromatic heterocycles. The molecule has 2 saturated heterocycles. The average molecular weight is 666 g/mol. The molecule has 3 N–H and O–H groups in total. The van der Waals surface area contributed by atoms with Gasteiger partial charge in [-0.3, -0.25) is 14.9 Å². The molecule has 4 heterocycles. The van der Waals surface area contributed by atoms with E-state index in [1.54, 1.807) is 37.6 Å². The first-order valence-corrected chi connectivity index (χ1v) is 16.4.